The largest absolute Gasteiger partial charge is 0.446 e. The fourth-order valence-corrected chi connectivity index (χ4v) is 2.17. The summed E-state index contributed by atoms with van der Waals surface area (Å²) in [7, 11) is 1.47. The van der Waals surface area contributed by atoms with Crippen molar-refractivity contribution in [3.63, 3.8) is 0 Å². The number of aliphatic hydroxyl groups excluding tert-OH is 1. The number of methoxy groups -OCH3 is 1. The number of benzene rings is 1. The molecule has 0 bridgehead atoms. The molecule has 0 saturated carbocycles. The van der Waals surface area contributed by atoms with E-state index in [1.165, 1.54) is 31.4 Å². The molecule has 2 N–H and O–H groups in total. The zero-order chi connectivity index (χ0) is 15.9. The summed E-state index contributed by atoms with van der Waals surface area (Å²) in [6.45, 7) is 0.143. The zero-order valence-corrected chi connectivity index (χ0v) is 12.1. The average Bonchev–Trinajstić information content (AvgIpc) is 2.38. The molecule has 1 aromatic carbocycles. The number of nitrogens with one attached hydrogen (secondary N) is 1. The van der Waals surface area contributed by atoms with Crippen LogP contribution in [0.15, 0.2) is 29.2 Å². The number of hydrogen-bond acceptors (Lipinski definition) is 4. The van der Waals surface area contributed by atoms with E-state index < -0.39 is 11.4 Å². The summed E-state index contributed by atoms with van der Waals surface area (Å²) in [5, 5.41) is 11.5. The summed E-state index contributed by atoms with van der Waals surface area (Å²) in [5.74, 6) is -0.422. The van der Waals surface area contributed by atoms with Crippen molar-refractivity contribution in [3.05, 3.63) is 29.8 Å². The molecule has 1 aromatic rings. The van der Waals surface area contributed by atoms with Crippen molar-refractivity contribution in [1.29, 1.82) is 0 Å². The lowest BCUT2D eigenvalue weighted by atomic mass is 10.1. The van der Waals surface area contributed by atoms with Gasteiger partial charge in [0.15, 0.2) is 0 Å². The molecule has 1 unspecified atom stereocenters. The second-order valence-corrected chi connectivity index (χ2v) is 5.35. The first-order valence-electron chi connectivity index (χ1n) is 6.12. The van der Waals surface area contributed by atoms with Crippen molar-refractivity contribution in [2.24, 2.45) is 0 Å². The highest BCUT2D eigenvalue weighted by Gasteiger charge is 2.29. The topological polar surface area (TPSA) is 58.6 Å². The summed E-state index contributed by atoms with van der Waals surface area (Å²) in [6.07, 6.45) is 0.335. The molecular formula is C13H16F3NO3S. The molecular weight excluding hydrogens is 307 g/mol. The van der Waals surface area contributed by atoms with Crippen molar-refractivity contribution in [2.45, 2.75) is 22.9 Å². The number of aliphatic hydroxyl groups is 1. The van der Waals surface area contributed by atoms with Gasteiger partial charge in [0, 0.05) is 24.2 Å². The number of ether oxygens (including phenoxy) is 1. The van der Waals surface area contributed by atoms with Crippen LogP contribution >= 0.6 is 11.8 Å². The minimum absolute atomic E-state index is 0.0165. The van der Waals surface area contributed by atoms with Gasteiger partial charge in [-0.25, -0.2) is 0 Å². The van der Waals surface area contributed by atoms with Crippen molar-refractivity contribution in [2.75, 3.05) is 20.3 Å². The number of thioether (sulfide) groups is 1. The summed E-state index contributed by atoms with van der Waals surface area (Å²) in [4.78, 5) is 11.9. The number of rotatable bonds is 7. The van der Waals surface area contributed by atoms with Crippen LogP contribution in [0.1, 0.15) is 16.8 Å². The second-order valence-electron chi connectivity index (χ2n) is 4.21. The molecule has 118 valence electrons. The SMILES string of the molecule is COCC(CCO)NC(=O)c1ccc(SC(F)(F)F)cc1. The lowest BCUT2D eigenvalue weighted by Crippen LogP contribution is -2.38. The minimum Gasteiger partial charge on any atom is -0.396 e. The van der Waals surface area contributed by atoms with Gasteiger partial charge in [0.1, 0.15) is 0 Å². The van der Waals surface area contributed by atoms with Gasteiger partial charge in [-0.05, 0) is 42.4 Å². The summed E-state index contributed by atoms with van der Waals surface area (Å²) >= 11 is -0.233. The first kappa shape index (κ1) is 17.8. The van der Waals surface area contributed by atoms with Gasteiger partial charge in [0.2, 0.25) is 0 Å². The molecule has 1 amide bonds. The summed E-state index contributed by atoms with van der Waals surface area (Å²) in [6, 6.07) is 4.78. The summed E-state index contributed by atoms with van der Waals surface area (Å²) in [5.41, 5.74) is -4.10. The molecule has 1 rings (SSSR count). The molecule has 1 atom stereocenters. The van der Waals surface area contributed by atoms with Crippen LogP contribution < -0.4 is 5.32 Å². The Balaban J connectivity index is 2.65. The normalized spacial score (nSPS) is 13.0. The van der Waals surface area contributed by atoms with Crippen molar-refractivity contribution >= 4 is 17.7 Å². The van der Waals surface area contributed by atoms with E-state index >= 15 is 0 Å². The highest BCUT2D eigenvalue weighted by molar-refractivity contribution is 8.00. The van der Waals surface area contributed by atoms with E-state index in [4.69, 9.17) is 9.84 Å². The molecule has 0 radical (unpaired) electrons. The molecule has 0 aliphatic carbocycles. The van der Waals surface area contributed by atoms with Crippen LogP contribution in [0.2, 0.25) is 0 Å². The van der Waals surface area contributed by atoms with Crippen molar-refractivity contribution < 1.29 is 27.8 Å². The number of carbonyl (C=O) groups excluding carboxylic acids is 1. The molecule has 0 spiro atoms. The van der Waals surface area contributed by atoms with Gasteiger partial charge in [-0.2, -0.15) is 13.2 Å². The second kappa shape index (κ2) is 8.26. The maximum Gasteiger partial charge on any atom is 0.446 e. The molecule has 4 nitrogen and oxygen atoms in total. The number of halogens is 3. The number of hydrogen-bond donors (Lipinski definition) is 2. The first-order chi connectivity index (χ1) is 9.85. The van der Waals surface area contributed by atoms with Crippen LogP contribution in [0.3, 0.4) is 0 Å². The third-order valence-electron chi connectivity index (χ3n) is 2.53. The Labute approximate surface area is 124 Å². The maximum absolute atomic E-state index is 12.2. The standard InChI is InChI=1S/C13H16F3NO3S/c1-20-8-10(6-7-18)17-12(19)9-2-4-11(5-3-9)21-13(14,15)16/h2-5,10,18H,6-8H2,1H3,(H,17,19). The molecule has 0 aromatic heterocycles. The summed E-state index contributed by atoms with van der Waals surface area (Å²) < 4.78 is 41.5. The minimum atomic E-state index is -4.35. The van der Waals surface area contributed by atoms with Gasteiger partial charge in [-0.15, -0.1) is 0 Å². The van der Waals surface area contributed by atoms with Crippen LogP contribution in [-0.4, -0.2) is 42.9 Å². The van der Waals surface area contributed by atoms with Crippen LogP contribution in [0.5, 0.6) is 0 Å². The van der Waals surface area contributed by atoms with E-state index in [0.29, 0.717) is 6.42 Å². The zero-order valence-electron chi connectivity index (χ0n) is 11.3. The Hall–Kier alpha value is -1.25. The quantitative estimate of drug-likeness (QED) is 0.757. The highest BCUT2D eigenvalue weighted by atomic mass is 32.2. The lowest BCUT2D eigenvalue weighted by Gasteiger charge is -2.17. The average molecular weight is 323 g/mol. The van der Waals surface area contributed by atoms with Crippen LogP contribution in [0, 0.1) is 0 Å². The Morgan fingerprint density at radius 2 is 2.00 bits per heavy atom. The van der Waals surface area contributed by atoms with Crippen LogP contribution in [0.25, 0.3) is 0 Å². The number of carbonyl (C=O) groups is 1. The number of alkyl halides is 3. The van der Waals surface area contributed by atoms with Gasteiger partial charge in [-0.1, -0.05) is 0 Å². The van der Waals surface area contributed by atoms with E-state index in [2.05, 4.69) is 5.32 Å². The first-order valence-corrected chi connectivity index (χ1v) is 6.94. The molecule has 0 aliphatic heterocycles. The van der Waals surface area contributed by atoms with E-state index in [9.17, 15) is 18.0 Å². The van der Waals surface area contributed by atoms with Crippen LogP contribution in [-0.2, 0) is 4.74 Å². The fourth-order valence-electron chi connectivity index (χ4n) is 1.63. The van der Waals surface area contributed by atoms with Crippen molar-refractivity contribution in [1.82, 2.24) is 5.32 Å². The molecule has 0 aliphatic rings. The van der Waals surface area contributed by atoms with Gasteiger partial charge in [0.05, 0.1) is 12.6 Å². The smallest absolute Gasteiger partial charge is 0.396 e. The lowest BCUT2D eigenvalue weighted by molar-refractivity contribution is -0.0328. The van der Waals surface area contributed by atoms with Gasteiger partial charge in [0.25, 0.3) is 5.91 Å². The Morgan fingerprint density at radius 3 is 2.48 bits per heavy atom. The van der Waals surface area contributed by atoms with E-state index in [0.717, 1.165) is 0 Å². The molecule has 8 heteroatoms. The molecule has 0 fully saturated rings. The van der Waals surface area contributed by atoms with E-state index in [1.54, 1.807) is 0 Å². The number of amides is 1. The third kappa shape index (κ3) is 6.83. The molecule has 0 saturated heterocycles. The monoisotopic (exact) mass is 323 g/mol. The maximum atomic E-state index is 12.2. The Kier molecular flexibility index (Phi) is 7.00. The Morgan fingerprint density at radius 1 is 1.38 bits per heavy atom. The highest BCUT2D eigenvalue weighted by Crippen LogP contribution is 2.36. The van der Waals surface area contributed by atoms with Gasteiger partial charge >= 0.3 is 5.51 Å². The molecule has 0 heterocycles. The third-order valence-corrected chi connectivity index (χ3v) is 3.27. The van der Waals surface area contributed by atoms with Crippen molar-refractivity contribution in [3.8, 4) is 0 Å². The predicted octanol–water partition coefficient (Wildman–Crippen LogP) is 2.43. The fraction of sp³-hybridized carbons (Fsp3) is 0.462. The molecule has 21 heavy (non-hydrogen) atoms. The van der Waals surface area contributed by atoms with E-state index in [1.807, 2.05) is 0 Å². The van der Waals surface area contributed by atoms with Gasteiger partial charge < -0.3 is 15.2 Å². The predicted molar refractivity (Wildman–Crippen MR) is 73.2 cm³/mol. The van der Waals surface area contributed by atoms with Gasteiger partial charge in [-0.3, -0.25) is 4.79 Å². The Bertz CT molecular complexity index is 445. The van der Waals surface area contributed by atoms with E-state index in [-0.39, 0.29) is 41.5 Å². The van der Waals surface area contributed by atoms with Crippen LogP contribution in [0.4, 0.5) is 13.2 Å².